The number of rotatable bonds is 7. The van der Waals surface area contributed by atoms with E-state index in [0.717, 1.165) is 19.3 Å². The van der Waals surface area contributed by atoms with E-state index in [1.54, 1.807) is 0 Å². The largest absolute Gasteiger partial charge is 0.465 e. The zero-order valence-corrected chi connectivity index (χ0v) is 12.0. The third kappa shape index (κ3) is 3.84. The third-order valence-corrected chi connectivity index (χ3v) is 3.72. The molecule has 0 heterocycles. The molecule has 0 aromatic rings. The zero-order chi connectivity index (χ0) is 13.8. The summed E-state index contributed by atoms with van der Waals surface area (Å²) in [6, 6.07) is 0. The van der Waals surface area contributed by atoms with E-state index < -0.39 is 0 Å². The lowest BCUT2D eigenvalue weighted by Gasteiger charge is -2.05. The summed E-state index contributed by atoms with van der Waals surface area (Å²) >= 11 is 0. The molecule has 3 heteroatoms. The second kappa shape index (κ2) is 6.37. The Morgan fingerprint density at radius 1 is 1.28 bits per heavy atom. The smallest absolute Gasteiger partial charge is 0.310 e. The van der Waals surface area contributed by atoms with Crippen LogP contribution in [0.15, 0.2) is 11.6 Å². The van der Waals surface area contributed by atoms with Crippen LogP contribution in [0.1, 0.15) is 47.0 Å². The molecule has 1 aliphatic rings. The number of aliphatic hydroxyl groups is 1. The van der Waals surface area contributed by atoms with Crippen LogP contribution >= 0.6 is 0 Å². The second-order valence-corrected chi connectivity index (χ2v) is 6.02. The summed E-state index contributed by atoms with van der Waals surface area (Å²) in [5.41, 5.74) is 1.30. The quantitative estimate of drug-likeness (QED) is 0.431. The van der Waals surface area contributed by atoms with Gasteiger partial charge in [0.2, 0.25) is 0 Å². The number of esters is 1. The fourth-order valence-corrected chi connectivity index (χ4v) is 2.45. The molecule has 2 unspecified atom stereocenters. The van der Waals surface area contributed by atoms with Crippen molar-refractivity contribution in [1.82, 2.24) is 0 Å². The van der Waals surface area contributed by atoms with E-state index in [0.29, 0.717) is 12.5 Å². The molecule has 0 bridgehead atoms. The molecule has 104 valence electrons. The van der Waals surface area contributed by atoms with Gasteiger partial charge in [0.05, 0.1) is 12.5 Å². The highest BCUT2D eigenvalue weighted by atomic mass is 16.5. The molecule has 1 rings (SSSR count). The molecule has 18 heavy (non-hydrogen) atoms. The van der Waals surface area contributed by atoms with E-state index in [1.165, 1.54) is 5.57 Å². The van der Waals surface area contributed by atoms with Gasteiger partial charge in [0.1, 0.15) is 0 Å². The van der Waals surface area contributed by atoms with Gasteiger partial charge in [0, 0.05) is 6.61 Å². The molecule has 1 aliphatic carbocycles. The minimum absolute atomic E-state index is 0.0187. The molecule has 3 nitrogen and oxygen atoms in total. The number of carbonyl (C=O) groups excluding carboxylic acids is 1. The summed E-state index contributed by atoms with van der Waals surface area (Å²) in [5.74, 6) is 0.282. The maximum absolute atomic E-state index is 11.9. The summed E-state index contributed by atoms with van der Waals surface area (Å²) in [6.07, 6.45) is 4.71. The fourth-order valence-electron chi connectivity index (χ4n) is 2.45. The van der Waals surface area contributed by atoms with Crippen LogP contribution in [0.3, 0.4) is 0 Å². The minimum atomic E-state index is -0.0634. The average molecular weight is 254 g/mol. The van der Waals surface area contributed by atoms with Crippen molar-refractivity contribution in [3.05, 3.63) is 11.6 Å². The summed E-state index contributed by atoms with van der Waals surface area (Å²) in [6.45, 7) is 9.06. The lowest BCUT2D eigenvalue weighted by Crippen LogP contribution is -2.11. The van der Waals surface area contributed by atoms with Gasteiger partial charge in [-0.3, -0.25) is 4.79 Å². The molecular weight excluding hydrogens is 228 g/mol. The lowest BCUT2D eigenvalue weighted by atomic mass is 10.1. The Hall–Kier alpha value is -0.830. The molecule has 1 fully saturated rings. The average Bonchev–Trinajstić information content (AvgIpc) is 2.79. The molecule has 0 amide bonds. The van der Waals surface area contributed by atoms with Gasteiger partial charge >= 0.3 is 5.97 Å². The van der Waals surface area contributed by atoms with Crippen LogP contribution in [0.2, 0.25) is 0 Å². The summed E-state index contributed by atoms with van der Waals surface area (Å²) in [7, 11) is 0. The Labute approximate surface area is 110 Å². The van der Waals surface area contributed by atoms with E-state index in [1.807, 2.05) is 0 Å². The Morgan fingerprint density at radius 2 is 1.94 bits per heavy atom. The summed E-state index contributed by atoms with van der Waals surface area (Å²) < 4.78 is 5.31. The van der Waals surface area contributed by atoms with Crippen molar-refractivity contribution in [3.63, 3.8) is 0 Å². The first-order valence-electron chi connectivity index (χ1n) is 6.83. The molecule has 2 atom stereocenters. The van der Waals surface area contributed by atoms with Crippen molar-refractivity contribution in [2.45, 2.75) is 47.0 Å². The van der Waals surface area contributed by atoms with Crippen LogP contribution in [0.25, 0.3) is 0 Å². The number of hydrogen-bond acceptors (Lipinski definition) is 3. The van der Waals surface area contributed by atoms with Crippen LogP contribution in [0.5, 0.6) is 0 Å². The Kier molecular flexibility index (Phi) is 5.39. The van der Waals surface area contributed by atoms with Gasteiger partial charge in [-0.25, -0.2) is 0 Å². The van der Waals surface area contributed by atoms with Crippen molar-refractivity contribution in [2.24, 2.45) is 17.3 Å². The molecule has 0 radical (unpaired) electrons. The van der Waals surface area contributed by atoms with Gasteiger partial charge < -0.3 is 9.84 Å². The number of hydrogen-bond donors (Lipinski definition) is 1. The van der Waals surface area contributed by atoms with Gasteiger partial charge in [-0.15, -0.1) is 0 Å². The first kappa shape index (κ1) is 15.2. The molecule has 0 aromatic carbocycles. The highest BCUT2D eigenvalue weighted by molar-refractivity contribution is 5.78. The molecule has 0 aliphatic heterocycles. The first-order valence-corrected chi connectivity index (χ1v) is 6.83. The van der Waals surface area contributed by atoms with E-state index >= 15 is 0 Å². The monoisotopic (exact) mass is 254 g/mol. The van der Waals surface area contributed by atoms with Crippen LogP contribution in [-0.2, 0) is 9.53 Å². The number of ether oxygens (including phenoxy) is 1. The van der Waals surface area contributed by atoms with Crippen LogP contribution in [-0.4, -0.2) is 24.3 Å². The van der Waals surface area contributed by atoms with E-state index in [9.17, 15) is 4.79 Å². The second-order valence-electron chi connectivity index (χ2n) is 6.02. The van der Waals surface area contributed by atoms with Crippen LogP contribution in [0.4, 0.5) is 0 Å². The Morgan fingerprint density at radius 3 is 2.50 bits per heavy atom. The fraction of sp³-hybridized carbons (Fsp3) is 0.800. The molecule has 0 aromatic heterocycles. The maximum Gasteiger partial charge on any atom is 0.310 e. The highest BCUT2D eigenvalue weighted by Gasteiger charge is 2.61. The van der Waals surface area contributed by atoms with Gasteiger partial charge in [-0.05, 0) is 44.4 Å². The third-order valence-electron chi connectivity index (χ3n) is 3.72. The number of aliphatic hydroxyl groups excluding tert-OH is 1. The van der Waals surface area contributed by atoms with Crippen LogP contribution < -0.4 is 0 Å². The van der Waals surface area contributed by atoms with Crippen molar-refractivity contribution in [1.29, 1.82) is 0 Å². The number of carbonyl (C=O) groups is 1. The first-order chi connectivity index (χ1) is 8.41. The lowest BCUT2D eigenvalue weighted by molar-refractivity contribution is -0.146. The molecule has 0 saturated heterocycles. The van der Waals surface area contributed by atoms with Crippen molar-refractivity contribution >= 4 is 5.97 Å². The van der Waals surface area contributed by atoms with Crippen molar-refractivity contribution < 1.29 is 14.6 Å². The molecule has 1 N–H and O–H groups in total. The summed E-state index contributed by atoms with van der Waals surface area (Å²) in [5, 5.41) is 8.65. The van der Waals surface area contributed by atoms with Crippen molar-refractivity contribution in [2.75, 3.05) is 13.2 Å². The predicted octanol–water partition coefficient (Wildman–Crippen LogP) is 2.93. The van der Waals surface area contributed by atoms with E-state index in [2.05, 4.69) is 33.8 Å². The Balaban J connectivity index is 2.33. The summed E-state index contributed by atoms with van der Waals surface area (Å²) in [4.78, 5) is 11.9. The molecular formula is C15H26O3. The van der Waals surface area contributed by atoms with Gasteiger partial charge in [-0.2, -0.15) is 0 Å². The van der Waals surface area contributed by atoms with Crippen molar-refractivity contribution in [3.8, 4) is 0 Å². The van der Waals surface area contributed by atoms with Gasteiger partial charge in [0.15, 0.2) is 0 Å². The maximum atomic E-state index is 11.9. The normalized spacial score (nSPS) is 24.5. The predicted molar refractivity (Wildman–Crippen MR) is 72.1 cm³/mol. The highest BCUT2D eigenvalue weighted by Crippen LogP contribution is 2.59. The number of allylic oxidation sites excluding steroid dienone is 2. The topological polar surface area (TPSA) is 46.5 Å². The van der Waals surface area contributed by atoms with Gasteiger partial charge in [-0.1, -0.05) is 25.5 Å². The standard InChI is InChI=1S/C15H26O3/c1-11(2)10-12-13(15(12,3)4)14(17)18-9-7-5-6-8-16/h10,12-13,16H,5-9H2,1-4H3. The van der Waals surface area contributed by atoms with E-state index in [-0.39, 0.29) is 23.9 Å². The minimum Gasteiger partial charge on any atom is -0.465 e. The molecule has 0 spiro atoms. The molecule has 1 saturated carbocycles. The zero-order valence-electron chi connectivity index (χ0n) is 12.0. The number of unbranched alkanes of at least 4 members (excludes halogenated alkanes) is 2. The van der Waals surface area contributed by atoms with Gasteiger partial charge in [0.25, 0.3) is 0 Å². The van der Waals surface area contributed by atoms with Crippen LogP contribution in [0, 0.1) is 17.3 Å². The van der Waals surface area contributed by atoms with E-state index in [4.69, 9.17) is 9.84 Å². The Bertz CT molecular complexity index is 314. The SMILES string of the molecule is CC(C)=CC1C(C(=O)OCCCCCO)C1(C)C.